The summed E-state index contributed by atoms with van der Waals surface area (Å²) in [6.07, 6.45) is 1.35. The average Bonchev–Trinajstić information content (AvgIpc) is 2.50. The summed E-state index contributed by atoms with van der Waals surface area (Å²) in [6, 6.07) is 12.2. The Morgan fingerprint density at radius 1 is 1.26 bits per heavy atom. The van der Waals surface area contributed by atoms with Crippen molar-refractivity contribution in [2.45, 2.75) is 6.92 Å². The van der Waals surface area contributed by atoms with Gasteiger partial charge in [0.25, 0.3) is 0 Å². The maximum Gasteiger partial charge on any atom is 0.332 e. The van der Waals surface area contributed by atoms with Gasteiger partial charge in [-0.3, -0.25) is 0 Å². The molecule has 6 heteroatoms. The van der Waals surface area contributed by atoms with Crippen molar-refractivity contribution in [1.29, 1.82) is 0 Å². The number of nitrogens with two attached hydrogens (primary N) is 1. The zero-order chi connectivity index (χ0) is 16.8. The molecule has 120 valence electrons. The standard InChI is InChI=1S/C17H16Cl2N2O2/c1-2-23-17(22)10-16(12-5-3-4-6-13(12)19)21-15-8-7-11(18)9-14(15)20/h3-10,21H,2,20H2,1H3/b16-10+. The fourth-order valence-corrected chi connectivity index (χ4v) is 2.37. The van der Waals surface area contributed by atoms with Gasteiger partial charge in [-0.1, -0.05) is 41.4 Å². The third-order valence-electron chi connectivity index (χ3n) is 3.00. The third kappa shape index (κ3) is 4.65. The monoisotopic (exact) mass is 350 g/mol. The highest BCUT2D eigenvalue weighted by Gasteiger charge is 2.11. The lowest BCUT2D eigenvalue weighted by molar-refractivity contribution is -0.137. The van der Waals surface area contributed by atoms with E-state index in [2.05, 4.69) is 5.32 Å². The molecule has 0 heterocycles. The second-order valence-corrected chi connectivity index (χ2v) is 5.49. The van der Waals surface area contributed by atoms with E-state index in [1.165, 1.54) is 6.08 Å². The molecule has 23 heavy (non-hydrogen) atoms. The van der Waals surface area contributed by atoms with Crippen molar-refractivity contribution in [1.82, 2.24) is 0 Å². The van der Waals surface area contributed by atoms with E-state index in [9.17, 15) is 4.79 Å². The van der Waals surface area contributed by atoms with Crippen molar-refractivity contribution in [2.75, 3.05) is 17.7 Å². The normalized spacial score (nSPS) is 11.2. The van der Waals surface area contributed by atoms with Gasteiger partial charge in [-0.05, 0) is 31.2 Å². The number of carbonyl (C=O) groups excluding carboxylic acids is 1. The van der Waals surface area contributed by atoms with Gasteiger partial charge in [0.05, 0.1) is 23.7 Å². The summed E-state index contributed by atoms with van der Waals surface area (Å²) < 4.78 is 4.97. The highest BCUT2D eigenvalue weighted by molar-refractivity contribution is 6.32. The second kappa shape index (κ2) is 7.90. The number of nitrogens with one attached hydrogen (secondary N) is 1. The molecule has 4 nitrogen and oxygen atoms in total. The third-order valence-corrected chi connectivity index (χ3v) is 3.56. The molecule has 0 amide bonds. The Balaban J connectivity index is 2.42. The van der Waals surface area contributed by atoms with E-state index in [1.807, 2.05) is 12.1 Å². The number of carbonyl (C=O) groups is 1. The van der Waals surface area contributed by atoms with Gasteiger partial charge in [-0.2, -0.15) is 0 Å². The highest BCUT2D eigenvalue weighted by atomic mass is 35.5. The molecule has 2 rings (SSSR count). The molecule has 2 aromatic rings. The minimum absolute atomic E-state index is 0.286. The van der Waals surface area contributed by atoms with Crippen LogP contribution < -0.4 is 11.1 Å². The van der Waals surface area contributed by atoms with Gasteiger partial charge in [0.2, 0.25) is 0 Å². The van der Waals surface area contributed by atoms with E-state index in [0.717, 1.165) is 0 Å². The lowest BCUT2D eigenvalue weighted by atomic mass is 10.1. The van der Waals surface area contributed by atoms with Crippen molar-refractivity contribution < 1.29 is 9.53 Å². The van der Waals surface area contributed by atoms with Crippen LogP contribution in [0.2, 0.25) is 10.0 Å². The number of rotatable bonds is 5. The molecule has 0 radical (unpaired) electrons. The van der Waals surface area contributed by atoms with Gasteiger partial charge in [0.15, 0.2) is 0 Å². The topological polar surface area (TPSA) is 64.3 Å². The molecule has 3 N–H and O–H groups in total. The second-order valence-electron chi connectivity index (χ2n) is 4.65. The van der Waals surface area contributed by atoms with Crippen molar-refractivity contribution in [3.05, 3.63) is 64.1 Å². The van der Waals surface area contributed by atoms with Crippen molar-refractivity contribution in [2.24, 2.45) is 0 Å². The first-order chi connectivity index (χ1) is 11.0. The number of halogens is 2. The van der Waals surface area contributed by atoms with Gasteiger partial charge in [-0.15, -0.1) is 0 Å². The first kappa shape index (κ1) is 17.2. The molecule has 0 saturated heterocycles. The van der Waals surface area contributed by atoms with Gasteiger partial charge in [0.1, 0.15) is 0 Å². The molecule has 0 bridgehead atoms. The van der Waals surface area contributed by atoms with Gasteiger partial charge in [-0.25, -0.2) is 4.79 Å². The van der Waals surface area contributed by atoms with Crippen LogP contribution in [0.15, 0.2) is 48.5 Å². The fraction of sp³-hybridized carbons (Fsp3) is 0.118. The van der Waals surface area contributed by atoms with E-state index >= 15 is 0 Å². The number of hydrogen-bond acceptors (Lipinski definition) is 4. The molecular formula is C17H16Cl2N2O2. The Kier molecular flexibility index (Phi) is 5.90. The SMILES string of the molecule is CCOC(=O)/C=C(/Nc1ccc(Cl)cc1N)c1ccccc1Cl. The Morgan fingerprint density at radius 3 is 2.65 bits per heavy atom. The van der Waals surface area contributed by atoms with Crippen molar-refractivity contribution >= 4 is 46.2 Å². The lowest BCUT2D eigenvalue weighted by Gasteiger charge is -2.14. The zero-order valence-electron chi connectivity index (χ0n) is 12.5. The van der Waals surface area contributed by atoms with E-state index in [0.29, 0.717) is 32.7 Å². The van der Waals surface area contributed by atoms with Gasteiger partial charge < -0.3 is 15.8 Å². The lowest BCUT2D eigenvalue weighted by Crippen LogP contribution is -2.07. The van der Waals surface area contributed by atoms with Crippen molar-refractivity contribution in [3.63, 3.8) is 0 Å². The fourth-order valence-electron chi connectivity index (χ4n) is 1.96. The summed E-state index contributed by atoms with van der Waals surface area (Å²) in [6.45, 7) is 2.03. The van der Waals surface area contributed by atoms with Gasteiger partial charge >= 0.3 is 5.97 Å². The van der Waals surface area contributed by atoms with Crippen LogP contribution in [-0.4, -0.2) is 12.6 Å². The molecule has 0 unspecified atom stereocenters. The van der Waals surface area contributed by atoms with Crippen LogP contribution in [0.3, 0.4) is 0 Å². The summed E-state index contributed by atoms with van der Waals surface area (Å²) >= 11 is 12.1. The van der Waals surface area contributed by atoms with Crippen LogP contribution in [0.5, 0.6) is 0 Å². The summed E-state index contributed by atoms with van der Waals surface area (Å²) in [4.78, 5) is 11.8. The first-order valence-electron chi connectivity index (χ1n) is 6.96. The minimum atomic E-state index is -0.470. The molecule has 2 aromatic carbocycles. The molecule has 0 spiro atoms. The molecule has 0 aliphatic heterocycles. The van der Waals surface area contributed by atoms with E-state index in [-0.39, 0.29) is 6.61 Å². The minimum Gasteiger partial charge on any atom is -0.463 e. The molecule has 0 atom stereocenters. The number of esters is 1. The largest absolute Gasteiger partial charge is 0.463 e. The summed E-state index contributed by atoms with van der Waals surface area (Å²) in [7, 11) is 0. The first-order valence-corrected chi connectivity index (χ1v) is 7.72. The van der Waals surface area contributed by atoms with Crippen LogP contribution in [0.4, 0.5) is 11.4 Å². The van der Waals surface area contributed by atoms with E-state index in [1.54, 1.807) is 37.3 Å². The number of nitrogen functional groups attached to an aromatic ring is 1. The van der Waals surface area contributed by atoms with Crippen LogP contribution in [0.25, 0.3) is 5.70 Å². The molecule has 0 aromatic heterocycles. The molecule has 0 saturated carbocycles. The summed E-state index contributed by atoms with van der Waals surface area (Å²) in [5.74, 6) is -0.470. The van der Waals surface area contributed by atoms with E-state index in [4.69, 9.17) is 33.7 Å². The van der Waals surface area contributed by atoms with Crippen LogP contribution in [0.1, 0.15) is 12.5 Å². The Bertz CT molecular complexity index is 745. The zero-order valence-corrected chi connectivity index (χ0v) is 14.0. The van der Waals surface area contributed by atoms with Crippen LogP contribution >= 0.6 is 23.2 Å². The molecule has 0 aliphatic carbocycles. The predicted molar refractivity (Wildman–Crippen MR) is 95.5 cm³/mol. The summed E-state index contributed by atoms with van der Waals surface area (Å²) in [5, 5.41) is 4.15. The highest BCUT2D eigenvalue weighted by Crippen LogP contribution is 2.29. The number of hydrogen-bond donors (Lipinski definition) is 2. The quantitative estimate of drug-likeness (QED) is 0.470. The maximum absolute atomic E-state index is 11.8. The number of anilines is 2. The smallest absolute Gasteiger partial charge is 0.332 e. The number of ether oxygens (including phenoxy) is 1. The Labute approximate surface area is 144 Å². The van der Waals surface area contributed by atoms with Crippen LogP contribution in [0, 0.1) is 0 Å². The van der Waals surface area contributed by atoms with Gasteiger partial charge in [0, 0.05) is 21.7 Å². The molecule has 0 fully saturated rings. The van der Waals surface area contributed by atoms with E-state index < -0.39 is 5.97 Å². The number of benzene rings is 2. The predicted octanol–water partition coefficient (Wildman–Crippen LogP) is 4.59. The summed E-state index contributed by atoms with van der Waals surface area (Å²) in [5.41, 5.74) is 8.18. The van der Waals surface area contributed by atoms with Crippen molar-refractivity contribution in [3.8, 4) is 0 Å². The Hall–Kier alpha value is -2.17. The van der Waals surface area contributed by atoms with Crippen LogP contribution in [-0.2, 0) is 9.53 Å². The molecule has 0 aliphatic rings. The maximum atomic E-state index is 11.8. The molecular weight excluding hydrogens is 335 g/mol. The average molecular weight is 351 g/mol. The Morgan fingerprint density at radius 2 is 2.00 bits per heavy atom.